The van der Waals surface area contributed by atoms with Gasteiger partial charge in [-0.05, 0) is 26.2 Å². The van der Waals surface area contributed by atoms with Crippen molar-refractivity contribution < 1.29 is 4.74 Å². The lowest BCUT2D eigenvalue weighted by Gasteiger charge is -2.25. The van der Waals surface area contributed by atoms with Crippen LogP contribution < -0.4 is 11.3 Å². The first-order valence-electron chi connectivity index (χ1n) is 5.80. The van der Waals surface area contributed by atoms with Gasteiger partial charge in [-0.25, -0.2) is 0 Å². The van der Waals surface area contributed by atoms with Gasteiger partial charge >= 0.3 is 0 Å². The molecule has 0 amide bonds. The Kier molecular flexibility index (Phi) is 5.70. The number of rotatable bonds is 5. The first-order chi connectivity index (χ1) is 7.33. The van der Waals surface area contributed by atoms with E-state index >= 15 is 0 Å². The zero-order chi connectivity index (χ0) is 11.1. The molecule has 0 saturated carbocycles. The lowest BCUT2D eigenvalue weighted by molar-refractivity contribution is 0.0766. The van der Waals surface area contributed by atoms with E-state index in [1.165, 1.54) is 0 Å². The summed E-state index contributed by atoms with van der Waals surface area (Å²) in [6, 6.07) is 0.346. The van der Waals surface area contributed by atoms with Crippen LogP contribution in [0.3, 0.4) is 0 Å². The van der Waals surface area contributed by atoms with E-state index in [9.17, 15) is 0 Å². The molecule has 3 nitrogen and oxygen atoms in total. The number of hydrazine groups is 1. The van der Waals surface area contributed by atoms with Crippen LogP contribution in [0.4, 0.5) is 0 Å². The molecule has 0 aromatic carbocycles. The van der Waals surface area contributed by atoms with E-state index in [1.807, 2.05) is 6.92 Å². The van der Waals surface area contributed by atoms with Crippen LogP contribution in [-0.4, -0.2) is 18.8 Å². The maximum Gasteiger partial charge on any atom is 0.0616 e. The van der Waals surface area contributed by atoms with Gasteiger partial charge in [0, 0.05) is 25.0 Å². The van der Waals surface area contributed by atoms with E-state index in [4.69, 9.17) is 10.6 Å². The molecule has 0 aromatic heterocycles. The normalized spacial score (nSPS) is 27.1. The third-order valence-electron chi connectivity index (χ3n) is 3.15. The Labute approximate surface area is 92.7 Å². The summed E-state index contributed by atoms with van der Waals surface area (Å²) in [5.41, 5.74) is 2.92. The molecule has 3 unspecified atom stereocenters. The molecule has 1 aliphatic heterocycles. The molecule has 0 aliphatic carbocycles. The highest BCUT2D eigenvalue weighted by Crippen LogP contribution is 2.27. The van der Waals surface area contributed by atoms with Crippen molar-refractivity contribution in [3.05, 3.63) is 0 Å². The highest BCUT2D eigenvalue weighted by Gasteiger charge is 2.32. The van der Waals surface area contributed by atoms with Gasteiger partial charge in [-0.15, -0.1) is 11.8 Å². The highest BCUT2D eigenvalue weighted by molar-refractivity contribution is 4.96. The van der Waals surface area contributed by atoms with Crippen LogP contribution in [0.15, 0.2) is 0 Å². The van der Waals surface area contributed by atoms with Crippen LogP contribution in [0.1, 0.15) is 39.5 Å². The van der Waals surface area contributed by atoms with Crippen LogP contribution >= 0.6 is 0 Å². The molecule has 3 heteroatoms. The van der Waals surface area contributed by atoms with E-state index in [0.717, 1.165) is 32.3 Å². The molecule has 0 aromatic rings. The molecule has 0 bridgehead atoms. The van der Waals surface area contributed by atoms with Crippen molar-refractivity contribution in [2.75, 3.05) is 6.61 Å². The summed E-state index contributed by atoms with van der Waals surface area (Å²) >= 11 is 0. The molecule has 0 radical (unpaired) electrons. The first kappa shape index (κ1) is 12.5. The Morgan fingerprint density at radius 1 is 1.60 bits per heavy atom. The Morgan fingerprint density at radius 3 is 3.00 bits per heavy atom. The zero-order valence-electron chi connectivity index (χ0n) is 9.75. The molecule has 15 heavy (non-hydrogen) atoms. The average Bonchev–Trinajstić information content (AvgIpc) is 2.72. The van der Waals surface area contributed by atoms with Crippen molar-refractivity contribution in [2.24, 2.45) is 11.8 Å². The molecule has 86 valence electrons. The molecule has 3 atom stereocenters. The summed E-state index contributed by atoms with van der Waals surface area (Å²) in [5, 5.41) is 0. The smallest absolute Gasteiger partial charge is 0.0616 e. The minimum atomic E-state index is 0.346. The molecule has 1 aliphatic rings. The summed E-state index contributed by atoms with van der Waals surface area (Å²) in [6.07, 6.45) is 4.50. The van der Waals surface area contributed by atoms with E-state index in [0.29, 0.717) is 18.1 Å². The summed E-state index contributed by atoms with van der Waals surface area (Å²) in [4.78, 5) is 0. The zero-order valence-corrected chi connectivity index (χ0v) is 9.75. The monoisotopic (exact) mass is 210 g/mol. The van der Waals surface area contributed by atoms with Gasteiger partial charge in [0.25, 0.3) is 0 Å². The van der Waals surface area contributed by atoms with Crippen LogP contribution in [0.2, 0.25) is 0 Å². The number of hydrogen-bond donors (Lipinski definition) is 2. The fourth-order valence-electron chi connectivity index (χ4n) is 2.32. The molecular weight excluding hydrogens is 188 g/mol. The molecule has 3 N–H and O–H groups in total. The second kappa shape index (κ2) is 6.84. The van der Waals surface area contributed by atoms with Gasteiger partial charge in [0.1, 0.15) is 0 Å². The largest absolute Gasteiger partial charge is 0.378 e. The average molecular weight is 210 g/mol. The van der Waals surface area contributed by atoms with Crippen LogP contribution in [-0.2, 0) is 4.74 Å². The Hall–Kier alpha value is -0.560. The van der Waals surface area contributed by atoms with E-state index in [2.05, 4.69) is 24.2 Å². The van der Waals surface area contributed by atoms with Crippen LogP contribution in [0.5, 0.6) is 0 Å². The van der Waals surface area contributed by atoms with Crippen molar-refractivity contribution in [1.82, 2.24) is 5.43 Å². The van der Waals surface area contributed by atoms with Crippen molar-refractivity contribution in [3.8, 4) is 11.8 Å². The Balaban J connectivity index is 2.44. The van der Waals surface area contributed by atoms with Gasteiger partial charge in [0.2, 0.25) is 0 Å². The van der Waals surface area contributed by atoms with Crippen LogP contribution in [0.25, 0.3) is 0 Å². The fourth-order valence-corrected chi connectivity index (χ4v) is 2.32. The van der Waals surface area contributed by atoms with E-state index < -0.39 is 0 Å². The maximum absolute atomic E-state index is 5.67. The summed E-state index contributed by atoms with van der Waals surface area (Å²) in [7, 11) is 0. The van der Waals surface area contributed by atoms with Crippen molar-refractivity contribution in [1.29, 1.82) is 0 Å². The topological polar surface area (TPSA) is 47.3 Å². The van der Waals surface area contributed by atoms with Crippen molar-refractivity contribution in [3.63, 3.8) is 0 Å². The van der Waals surface area contributed by atoms with Gasteiger partial charge in [0.05, 0.1) is 6.10 Å². The van der Waals surface area contributed by atoms with Crippen molar-refractivity contribution >= 4 is 0 Å². The summed E-state index contributed by atoms with van der Waals surface area (Å²) < 4.78 is 5.67. The predicted molar refractivity (Wildman–Crippen MR) is 61.9 cm³/mol. The number of nitrogens with two attached hydrogens (primary N) is 1. The quantitative estimate of drug-likeness (QED) is 0.410. The molecule has 1 fully saturated rings. The second-order valence-electron chi connectivity index (χ2n) is 4.01. The highest BCUT2D eigenvalue weighted by atomic mass is 16.5. The molecular formula is C12H22N2O. The lowest BCUT2D eigenvalue weighted by Crippen LogP contribution is -2.43. The minimum absolute atomic E-state index is 0.346. The predicted octanol–water partition coefficient (Wildman–Crippen LogP) is 1.44. The molecule has 1 rings (SSSR count). The van der Waals surface area contributed by atoms with E-state index in [1.54, 1.807) is 0 Å². The number of nitrogens with one attached hydrogen (secondary N) is 1. The van der Waals surface area contributed by atoms with Gasteiger partial charge in [-0.3, -0.25) is 11.3 Å². The van der Waals surface area contributed by atoms with Gasteiger partial charge in [0.15, 0.2) is 0 Å². The standard InChI is InChI=1S/C12H22N2O/c1-3-5-6-7-11(14-13)10-8-9-15-12(10)4-2/h10-12,14H,4,6-9,13H2,1-2H3. The second-order valence-corrected chi connectivity index (χ2v) is 4.01. The number of hydrogen-bond acceptors (Lipinski definition) is 3. The minimum Gasteiger partial charge on any atom is -0.378 e. The van der Waals surface area contributed by atoms with Gasteiger partial charge in [-0.1, -0.05) is 6.92 Å². The summed E-state index contributed by atoms with van der Waals surface area (Å²) in [5.74, 6) is 12.1. The lowest BCUT2D eigenvalue weighted by atomic mass is 9.89. The van der Waals surface area contributed by atoms with Crippen LogP contribution in [0, 0.1) is 17.8 Å². The van der Waals surface area contributed by atoms with Crippen molar-refractivity contribution in [2.45, 2.75) is 51.7 Å². The third kappa shape index (κ3) is 3.49. The Morgan fingerprint density at radius 2 is 2.40 bits per heavy atom. The molecule has 1 heterocycles. The molecule has 1 saturated heterocycles. The Bertz CT molecular complexity index is 232. The third-order valence-corrected chi connectivity index (χ3v) is 3.15. The maximum atomic E-state index is 5.67. The van der Waals surface area contributed by atoms with E-state index in [-0.39, 0.29) is 0 Å². The SMILES string of the molecule is CC#CCCC(NN)C1CCOC1CC. The van der Waals surface area contributed by atoms with Gasteiger partial charge < -0.3 is 4.74 Å². The fraction of sp³-hybridized carbons (Fsp3) is 0.833. The summed E-state index contributed by atoms with van der Waals surface area (Å²) in [6.45, 7) is 4.92. The molecule has 0 spiro atoms. The first-order valence-corrected chi connectivity index (χ1v) is 5.80. The van der Waals surface area contributed by atoms with Gasteiger partial charge in [-0.2, -0.15) is 0 Å². The number of ether oxygens (including phenoxy) is 1.